The predicted molar refractivity (Wildman–Crippen MR) is 155 cm³/mol. The number of fused-ring (bicyclic) bond motifs is 1. The Balaban J connectivity index is 1.42. The number of aryl methyl sites for hydroxylation is 1. The molecule has 0 spiro atoms. The Labute approximate surface area is 218 Å². The van der Waals surface area contributed by atoms with E-state index in [9.17, 15) is 0 Å². The summed E-state index contributed by atoms with van der Waals surface area (Å²) in [5.41, 5.74) is 6.89. The van der Waals surface area contributed by atoms with Crippen LogP contribution in [0.4, 0.5) is 17.1 Å². The second-order valence-corrected chi connectivity index (χ2v) is 8.87. The molecular formula is C32H30N4O. The Bertz CT molecular complexity index is 1480. The van der Waals surface area contributed by atoms with E-state index in [-0.39, 0.29) is 0 Å². The average Bonchev–Trinajstić information content (AvgIpc) is 3.37. The van der Waals surface area contributed by atoms with Crippen molar-refractivity contribution in [3.8, 4) is 0 Å². The monoisotopic (exact) mass is 486 g/mol. The minimum atomic E-state index is 0.732. The Morgan fingerprint density at radius 1 is 0.784 bits per heavy atom. The molecule has 1 heterocycles. The molecule has 0 aliphatic carbocycles. The first kappa shape index (κ1) is 24.1. The number of hydrogen-bond acceptors (Lipinski definition) is 5. The van der Waals surface area contributed by atoms with Gasteiger partial charge in [-0.05, 0) is 87.0 Å². The SMILES string of the molecule is CCN(N=Cc1ccc2oc(C(C)=NN(c3ccccc3)c3ccccc3)cc2c1)c1ccc(C)cc1. The maximum absolute atomic E-state index is 6.17. The third-order valence-corrected chi connectivity index (χ3v) is 6.13. The summed E-state index contributed by atoms with van der Waals surface area (Å²) in [5.74, 6) is 0.732. The van der Waals surface area contributed by atoms with Crippen molar-refractivity contribution in [2.45, 2.75) is 20.8 Å². The number of benzene rings is 4. The van der Waals surface area contributed by atoms with Gasteiger partial charge in [0.2, 0.25) is 0 Å². The van der Waals surface area contributed by atoms with Crippen LogP contribution in [-0.4, -0.2) is 18.5 Å². The van der Waals surface area contributed by atoms with Gasteiger partial charge in [-0.2, -0.15) is 10.2 Å². The number of hydrogen-bond donors (Lipinski definition) is 0. The van der Waals surface area contributed by atoms with Crippen LogP contribution in [0.3, 0.4) is 0 Å². The Morgan fingerprint density at radius 3 is 2.05 bits per heavy atom. The molecule has 1 aromatic heterocycles. The van der Waals surface area contributed by atoms with Gasteiger partial charge in [-0.3, -0.25) is 5.01 Å². The molecule has 5 heteroatoms. The minimum absolute atomic E-state index is 0.732. The van der Waals surface area contributed by atoms with Gasteiger partial charge in [-0.15, -0.1) is 0 Å². The quantitative estimate of drug-likeness (QED) is 0.164. The highest BCUT2D eigenvalue weighted by Crippen LogP contribution is 2.27. The number of hydrazone groups is 2. The molecule has 184 valence electrons. The van der Waals surface area contributed by atoms with Crippen LogP contribution in [-0.2, 0) is 0 Å². The molecule has 0 fully saturated rings. The van der Waals surface area contributed by atoms with Gasteiger partial charge in [0, 0.05) is 11.9 Å². The predicted octanol–water partition coefficient (Wildman–Crippen LogP) is 8.16. The Hall–Kier alpha value is -4.64. The summed E-state index contributed by atoms with van der Waals surface area (Å²) in [5, 5.41) is 14.6. The molecule has 5 aromatic rings. The van der Waals surface area contributed by atoms with E-state index in [1.165, 1.54) is 5.56 Å². The molecule has 4 aromatic carbocycles. The lowest BCUT2D eigenvalue weighted by atomic mass is 10.1. The molecule has 0 unspecified atom stereocenters. The lowest BCUT2D eigenvalue weighted by Crippen LogP contribution is -2.15. The first-order valence-electron chi connectivity index (χ1n) is 12.5. The molecule has 0 atom stereocenters. The smallest absolute Gasteiger partial charge is 0.151 e. The van der Waals surface area contributed by atoms with Crippen LogP contribution in [0.25, 0.3) is 11.0 Å². The molecule has 0 aliphatic rings. The fourth-order valence-corrected chi connectivity index (χ4v) is 4.11. The summed E-state index contributed by atoms with van der Waals surface area (Å²) in [4.78, 5) is 0. The van der Waals surface area contributed by atoms with Crippen molar-refractivity contribution in [3.05, 3.63) is 126 Å². The van der Waals surface area contributed by atoms with Crippen molar-refractivity contribution in [2.75, 3.05) is 16.6 Å². The summed E-state index contributed by atoms with van der Waals surface area (Å²) >= 11 is 0. The molecule has 0 bridgehead atoms. The van der Waals surface area contributed by atoms with Crippen molar-refractivity contribution < 1.29 is 4.42 Å². The Kier molecular flexibility index (Phi) is 7.13. The van der Waals surface area contributed by atoms with Crippen LogP contribution in [0.2, 0.25) is 0 Å². The summed E-state index contributed by atoms with van der Waals surface area (Å²) in [7, 11) is 0. The van der Waals surface area contributed by atoms with Crippen LogP contribution < -0.4 is 10.0 Å². The van der Waals surface area contributed by atoms with Crippen LogP contribution in [0.5, 0.6) is 0 Å². The van der Waals surface area contributed by atoms with E-state index in [4.69, 9.17) is 14.6 Å². The van der Waals surface area contributed by atoms with Crippen molar-refractivity contribution in [1.82, 2.24) is 0 Å². The summed E-state index contributed by atoms with van der Waals surface area (Å²) < 4.78 is 6.17. The first-order valence-corrected chi connectivity index (χ1v) is 12.5. The first-order chi connectivity index (χ1) is 18.1. The topological polar surface area (TPSA) is 44.3 Å². The number of anilines is 3. The fraction of sp³-hybridized carbons (Fsp3) is 0.125. The molecule has 37 heavy (non-hydrogen) atoms. The van der Waals surface area contributed by atoms with Crippen LogP contribution in [0.1, 0.15) is 30.7 Å². The van der Waals surface area contributed by atoms with Crippen LogP contribution in [0, 0.1) is 6.92 Å². The van der Waals surface area contributed by atoms with E-state index in [1.54, 1.807) is 0 Å². The van der Waals surface area contributed by atoms with Gasteiger partial charge in [0.25, 0.3) is 0 Å². The van der Waals surface area contributed by atoms with E-state index in [1.807, 2.05) is 102 Å². The fourth-order valence-electron chi connectivity index (χ4n) is 4.11. The highest BCUT2D eigenvalue weighted by molar-refractivity contribution is 6.01. The van der Waals surface area contributed by atoms with Gasteiger partial charge in [0.15, 0.2) is 5.76 Å². The number of para-hydroxylation sites is 2. The summed E-state index contributed by atoms with van der Waals surface area (Å²) in [6.45, 7) is 6.94. The zero-order valence-electron chi connectivity index (χ0n) is 21.4. The third-order valence-electron chi connectivity index (χ3n) is 6.13. The van der Waals surface area contributed by atoms with Gasteiger partial charge in [0.05, 0.1) is 23.3 Å². The molecular weight excluding hydrogens is 456 g/mol. The van der Waals surface area contributed by atoms with E-state index in [2.05, 4.69) is 44.2 Å². The van der Waals surface area contributed by atoms with Crippen molar-refractivity contribution in [1.29, 1.82) is 0 Å². The summed E-state index contributed by atoms with van der Waals surface area (Å²) in [6, 6.07) is 36.8. The Morgan fingerprint density at radius 2 is 1.43 bits per heavy atom. The second-order valence-electron chi connectivity index (χ2n) is 8.87. The van der Waals surface area contributed by atoms with Gasteiger partial charge in [0.1, 0.15) is 11.3 Å². The van der Waals surface area contributed by atoms with Crippen molar-refractivity contribution >= 4 is 40.0 Å². The average molecular weight is 487 g/mol. The number of furan rings is 1. The second kappa shape index (κ2) is 11.0. The molecule has 0 radical (unpaired) electrons. The number of rotatable bonds is 8. The maximum Gasteiger partial charge on any atom is 0.151 e. The normalized spacial score (nSPS) is 11.8. The van der Waals surface area contributed by atoms with Gasteiger partial charge < -0.3 is 4.42 Å². The molecule has 0 saturated carbocycles. The van der Waals surface area contributed by atoms with E-state index < -0.39 is 0 Å². The lowest BCUT2D eigenvalue weighted by molar-refractivity contribution is 0.604. The summed E-state index contributed by atoms with van der Waals surface area (Å²) in [6.07, 6.45) is 1.89. The molecule has 5 rings (SSSR count). The minimum Gasteiger partial charge on any atom is -0.455 e. The highest BCUT2D eigenvalue weighted by atomic mass is 16.3. The zero-order chi connectivity index (χ0) is 25.6. The molecule has 0 aliphatic heterocycles. The largest absolute Gasteiger partial charge is 0.455 e. The molecule has 5 nitrogen and oxygen atoms in total. The van der Waals surface area contributed by atoms with Crippen LogP contribution in [0.15, 0.2) is 124 Å². The highest BCUT2D eigenvalue weighted by Gasteiger charge is 2.12. The zero-order valence-corrected chi connectivity index (χ0v) is 21.4. The van der Waals surface area contributed by atoms with Crippen molar-refractivity contribution in [2.24, 2.45) is 10.2 Å². The molecule has 0 amide bonds. The van der Waals surface area contributed by atoms with E-state index in [0.717, 1.165) is 51.6 Å². The van der Waals surface area contributed by atoms with Crippen LogP contribution >= 0.6 is 0 Å². The third kappa shape index (κ3) is 5.62. The number of nitrogens with zero attached hydrogens (tertiary/aromatic N) is 4. The molecule has 0 saturated heterocycles. The van der Waals surface area contributed by atoms with Gasteiger partial charge >= 0.3 is 0 Å². The van der Waals surface area contributed by atoms with E-state index >= 15 is 0 Å². The standard InChI is InChI=1S/C32H30N4O/c1-4-35(28-18-15-24(2)16-19-28)33-23-26-17-20-31-27(21-26)22-32(37-31)25(3)34-36(29-11-7-5-8-12-29)30-13-9-6-10-14-30/h5-23H,4H2,1-3H3. The lowest BCUT2D eigenvalue weighted by Gasteiger charge is -2.20. The van der Waals surface area contributed by atoms with E-state index in [0.29, 0.717) is 0 Å². The molecule has 0 N–H and O–H groups in total. The van der Waals surface area contributed by atoms with Crippen molar-refractivity contribution in [3.63, 3.8) is 0 Å². The van der Waals surface area contributed by atoms with Gasteiger partial charge in [-0.25, -0.2) is 5.01 Å². The maximum atomic E-state index is 6.17. The van der Waals surface area contributed by atoms with Gasteiger partial charge in [-0.1, -0.05) is 54.1 Å².